The molecule has 122 valence electrons. The second-order valence-electron chi connectivity index (χ2n) is 6.58. The van der Waals surface area contributed by atoms with Gasteiger partial charge < -0.3 is 15.4 Å². The number of ether oxygens (including phenoxy) is 1. The van der Waals surface area contributed by atoms with E-state index in [4.69, 9.17) is 22.1 Å². The highest BCUT2D eigenvalue weighted by Crippen LogP contribution is 2.28. The fraction of sp³-hybridized carbons (Fsp3) is 0.588. The zero-order valence-electron chi connectivity index (χ0n) is 13.3. The molecule has 2 N–H and O–H groups in total. The van der Waals surface area contributed by atoms with E-state index in [0.717, 1.165) is 19.5 Å². The van der Waals surface area contributed by atoms with Gasteiger partial charge in [0, 0.05) is 25.6 Å². The monoisotopic (exact) mass is 324 g/mol. The molecule has 1 fully saturated rings. The molecule has 1 unspecified atom stereocenters. The van der Waals surface area contributed by atoms with Gasteiger partial charge in [-0.25, -0.2) is 0 Å². The van der Waals surface area contributed by atoms with Crippen LogP contribution in [-0.2, 0) is 4.79 Å². The number of nitrogens with two attached hydrogens (primary N) is 1. The maximum atomic E-state index is 12.3. The number of nitrogens with zero attached hydrogens (tertiary/aromatic N) is 1. The fourth-order valence-corrected chi connectivity index (χ4v) is 2.90. The van der Waals surface area contributed by atoms with Crippen LogP contribution in [0.3, 0.4) is 0 Å². The second kappa shape index (κ2) is 7.34. The van der Waals surface area contributed by atoms with Crippen molar-refractivity contribution in [3.05, 3.63) is 29.3 Å². The Morgan fingerprint density at radius 2 is 2.18 bits per heavy atom. The summed E-state index contributed by atoms with van der Waals surface area (Å²) in [5, 5.41) is 0.598. The number of piperidine rings is 1. The molecule has 0 aliphatic carbocycles. The Balaban J connectivity index is 1.73. The van der Waals surface area contributed by atoms with Gasteiger partial charge in [-0.15, -0.1) is 0 Å². The van der Waals surface area contributed by atoms with E-state index < -0.39 is 0 Å². The van der Waals surface area contributed by atoms with Gasteiger partial charge in [-0.3, -0.25) is 4.79 Å². The summed E-state index contributed by atoms with van der Waals surface area (Å²) in [5.74, 6) is 0.851. The van der Waals surface area contributed by atoms with Crippen LogP contribution < -0.4 is 10.5 Å². The van der Waals surface area contributed by atoms with E-state index in [1.807, 2.05) is 23.1 Å². The number of carbonyl (C=O) groups is 1. The molecule has 0 aromatic heterocycles. The van der Waals surface area contributed by atoms with E-state index in [9.17, 15) is 4.79 Å². The van der Waals surface area contributed by atoms with Crippen LogP contribution in [-0.4, -0.2) is 36.5 Å². The third kappa shape index (κ3) is 4.37. The highest BCUT2D eigenvalue weighted by molar-refractivity contribution is 6.32. The lowest BCUT2D eigenvalue weighted by Gasteiger charge is -2.42. The Morgan fingerprint density at radius 3 is 2.86 bits per heavy atom. The third-order valence-corrected chi connectivity index (χ3v) is 4.61. The zero-order chi connectivity index (χ0) is 16.2. The summed E-state index contributed by atoms with van der Waals surface area (Å²) in [6, 6.07) is 7.53. The molecule has 1 atom stereocenters. The molecule has 0 bridgehead atoms. The summed E-state index contributed by atoms with van der Waals surface area (Å²) < 4.78 is 5.61. The molecule has 1 aliphatic rings. The Kier molecular flexibility index (Phi) is 5.70. The van der Waals surface area contributed by atoms with Crippen molar-refractivity contribution in [2.45, 2.75) is 39.2 Å². The van der Waals surface area contributed by atoms with Gasteiger partial charge in [-0.1, -0.05) is 37.6 Å². The molecular weight excluding hydrogens is 300 g/mol. The van der Waals surface area contributed by atoms with E-state index >= 15 is 0 Å². The van der Waals surface area contributed by atoms with E-state index in [0.29, 0.717) is 30.2 Å². The lowest BCUT2D eigenvalue weighted by Crippen LogP contribution is -2.54. The molecule has 1 saturated heterocycles. The Labute approximate surface area is 137 Å². The summed E-state index contributed by atoms with van der Waals surface area (Å²) in [4.78, 5) is 14.2. The molecule has 5 heteroatoms. The number of hydrogen-bond acceptors (Lipinski definition) is 3. The molecule has 1 heterocycles. The average Bonchev–Trinajstić information content (AvgIpc) is 2.48. The van der Waals surface area contributed by atoms with Crippen molar-refractivity contribution in [1.29, 1.82) is 0 Å². The van der Waals surface area contributed by atoms with Crippen molar-refractivity contribution in [2.75, 3.05) is 19.7 Å². The van der Waals surface area contributed by atoms with Crippen molar-refractivity contribution < 1.29 is 9.53 Å². The molecule has 0 saturated carbocycles. The summed E-state index contributed by atoms with van der Waals surface area (Å²) in [7, 11) is 0. The van der Waals surface area contributed by atoms with Gasteiger partial charge in [0.1, 0.15) is 5.75 Å². The Morgan fingerprint density at radius 1 is 1.45 bits per heavy atom. The number of likely N-dealkylation sites (tertiary alicyclic amines) is 1. The lowest BCUT2D eigenvalue weighted by molar-refractivity contribution is -0.134. The molecule has 4 nitrogen and oxygen atoms in total. The quantitative estimate of drug-likeness (QED) is 0.847. The number of halogens is 1. The van der Waals surface area contributed by atoms with Gasteiger partial charge in [0.25, 0.3) is 0 Å². The fourth-order valence-electron chi connectivity index (χ4n) is 2.71. The Bertz CT molecular complexity index is 519. The first-order valence-corrected chi connectivity index (χ1v) is 8.18. The van der Waals surface area contributed by atoms with Crippen LogP contribution in [0.1, 0.15) is 33.1 Å². The summed E-state index contributed by atoms with van der Waals surface area (Å²) in [5.41, 5.74) is 6.09. The van der Waals surface area contributed by atoms with Crippen molar-refractivity contribution in [3.8, 4) is 5.75 Å². The largest absolute Gasteiger partial charge is 0.492 e. The number of amides is 1. The van der Waals surface area contributed by atoms with E-state index in [1.165, 1.54) is 0 Å². The first kappa shape index (κ1) is 17.1. The molecule has 1 aromatic rings. The van der Waals surface area contributed by atoms with Crippen LogP contribution in [0.5, 0.6) is 5.75 Å². The highest BCUT2D eigenvalue weighted by atomic mass is 35.5. The maximum absolute atomic E-state index is 12.3. The molecule has 0 spiro atoms. The number of carbonyl (C=O) groups excluding carboxylic acids is 1. The smallest absolute Gasteiger partial charge is 0.222 e. The summed E-state index contributed by atoms with van der Waals surface area (Å²) >= 11 is 6.02. The maximum Gasteiger partial charge on any atom is 0.222 e. The minimum absolute atomic E-state index is 0.0119. The normalized spacial score (nSPS) is 20.7. The summed E-state index contributed by atoms with van der Waals surface area (Å²) in [6.45, 7) is 6.23. The van der Waals surface area contributed by atoms with Crippen molar-refractivity contribution in [2.24, 2.45) is 11.1 Å². The van der Waals surface area contributed by atoms with E-state index in [-0.39, 0.29) is 17.4 Å². The van der Waals surface area contributed by atoms with Gasteiger partial charge in [-0.05, 0) is 30.4 Å². The van der Waals surface area contributed by atoms with Gasteiger partial charge in [0.15, 0.2) is 0 Å². The first-order chi connectivity index (χ1) is 10.4. The molecule has 1 aromatic carbocycles. The van der Waals surface area contributed by atoms with Crippen LogP contribution in [0.2, 0.25) is 5.02 Å². The molecule has 0 radical (unpaired) electrons. The molecular formula is C17H25ClN2O2. The second-order valence-corrected chi connectivity index (χ2v) is 6.99. The third-order valence-electron chi connectivity index (χ3n) is 4.29. The molecule has 1 aliphatic heterocycles. The predicted molar refractivity (Wildman–Crippen MR) is 89.1 cm³/mol. The highest BCUT2D eigenvalue weighted by Gasteiger charge is 2.34. The van der Waals surface area contributed by atoms with Crippen molar-refractivity contribution in [3.63, 3.8) is 0 Å². The van der Waals surface area contributed by atoms with Crippen molar-refractivity contribution in [1.82, 2.24) is 4.90 Å². The van der Waals surface area contributed by atoms with Gasteiger partial charge in [0.05, 0.1) is 11.6 Å². The van der Waals surface area contributed by atoms with E-state index in [2.05, 4.69) is 13.8 Å². The SMILES string of the molecule is CC1(C)CN(C(=O)CCCOc2ccccc2Cl)CCC1N. The van der Waals surface area contributed by atoms with E-state index in [1.54, 1.807) is 6.07 Å². The Hall–Kier alpha value is -1.26. The van der Waals surface area contributed by atoms with Crippen LogP contribution >= 0.6 is 11.6 Å². The first-order valence-electron chi connectivity index (χ1n) is 7.81. The molecule has 22 heavy (non-hydrogen) atoms. The number of benzene rings is 1. The summed E-state index contributed by atoms with van der Waals surface area (Å²) in [6.07, 6.45) is 2.05. The molecule has 2 rings (SSSR count). The minimum atomic E-state index is -0.0119. The van der Waals surface area contributed by atoms with Crippen LogP contribution in [0, 0.1) is 5.41 Å². The topological polar surface area (TPSA) is 55.6 Å². The number of para-hydroxylation sites is 1. The van der Waals surface area contributed by atoms with Crippen LogP contribution in [0.15, 0.2) is 24.3 Å². The average molecular weight is 325 g/mol. The number of rotatable bonds is 5. The molecule has 1 amide bonds. The van der Waals surface area contributed by atoms with Gasteiger partial charge in [-0.2, -0.15) is 0 Å². The predicted octanol–water partition coefficient (Wildman–Crippen LogP) is 3.08. The van der Waals surface area contributed by atoms with Crippen LogP contribution in [0.25, 0.3) is 0 Å². The number of hydrogen-bond donors (Lipinski definition) is 1. The van der Waals surface area contributed by atoms with Crippen LogP contribution in [0.4, 0.5) is 0 Å². The van der Waals surface area contributed by atoms with Crippen molar-refractivity contribution >= 4 is 17.5 Å². The van der Waals surface area contributed by atoms with Gasteiger partial charge in [0.2, 0.25) is 5.91 Å². The standard InChI is InChI=1S/C17H25ClN2O2/c1-17(2)12-20(10-9-15(17)19)16(21)8-5-11-22-14-7-4-3-6-13(14)18/h3-4,6-7,15H,5,8-12,19H2,1-2H3. The zero-order valence-corrected chi connectivity index (χ0v) is 14.1. The lowest BCUT2D eigenvalue weighted by atomic mass is 9.79. The minimum Gasteiger partial charge on any atom is -0.492 e. The van der Waals surface area contributed by atoms with Gasteiger partial charge >= 0.3 is 0 Å².